The van der Waals surface area contributed by atoms with Crippen LogP contribution in [-0.4, -0.2) is 75.3 Å². The SMILES string of the molecule is O=C(NCC(NS(=O)(=O)c1c(Cl)cccc1Cl)C(=O)OCCCNC1=NCCN1)c1ccc2[nH]ncc2c1. The molecule has 202 valence electrons. The monoisotopic (exact) mass is 581 g/mol. The number of guanidine groups is 1. The van der Waals surface area contributed by atoms with E-state index in [0.717, 1.165) is 17.4 Å². The van der Waals surface area contributed by atoms with Gasteiger partial charge in [-0.3, -0.25) is 19.7 Å². The van der Waals surface area contributed by atoms with Crippen LogP contribution >= 0.6 is 23.2 Å². The van der Waals surface area contributed by atoms with Crippen LogP contribution in [0.15, 0.2) is 52.5 Å². The third kappa shape index (κ3) is 6.92. The normalized spacial score (nSPS) is 14.0. The van der Waals surface area contributed by atoms with Gasteiger partial charge in [0.25, 0.3) is 5.91 Å². The molecule has 1 unspecified atom stereocenters. The van der Waals surface area contributed by atoms with Gasteiger partial charge in [-0.2, -0.15) is 9.82 Å². The number of nitrogens with zero attached hydrogens (tertiary/aromatic N) is 2. The summed E-state index contributed by atoms with van der Waals surface area (Å²) in [6.45, 7) is 1.56. The summed E-state index contributed by atoms with van der Waals surface area (Å²) in [4.78, 5) is 29.5. The van der Waals surface area contributed by atoms with E-state index in [2.05, 4.69) is 35.9 Å². The van der Waals surface area contributed by atoms with Crippen molar-refractivity contribution in [2.24, 2.45) is 4.99 Å². The standard InChI is InChI=1S/C23H25Cl2N7O5S/c24-16-3-1-4-17(25)20(16)38(35,36)32-19(22(34)37-10-2-7-26-23-27-8-9-28-23)13-29-21(33)14-5-6-18-15(11-14)12-30-31-18/h1,3-6,11-12,19,32H,2,7-10,13H2,(H,29,33)(H,30,31)(H2,26,27,28). The highest BCUT2D eigenvalue weighted by atomic mass is 35.5. The second-order valence-electron chi connectivity index (χ2n) is 8.21. The highest BCUT2D eigenvalue weighted by Crippen LogP contribution is 2.29. The molecule has 2 heterocycles. The van der Waals surface area contributed by atoms with Crippen LogP contribution in [0.2, 0.25) is 10.0 Å². The van der Waals surface area contributed by atoms with E-state index in [9.17, 15) is 18.0 Å². The lowest BCUT2D eigenvalue weighted by molar-refractivity contribution is -0.145. The zero-order valence-electron chi connectivity index (χ0n) is 20.0. The maximum Gasteiger partial charge on any atom is 0.326 e. The van der Waals surface area contributed by atoms with Crippen LogP contribution < -0.4 is 20.7 Å². The smallest absolute Gasteiger partial charge is 0.326 e. The third-order valence-electron chi connectivity index (χ3n) is 5.47. The minimum atomic E-state index is -4.36. The Morgan fingerprint density at radius 1 is 1.16 bits per heavy atom. The Balaban J connectivity index is 1.43. The molecular formula is C23H25Cl2N7O5S. The number of sulfonamides is 1. The topological polar surface area (TPSA) is 167 Å². The van der Waals surface area contributed by atoms with Gasteiger partial charge in [0.2, 0.25) is 10.0 Å². The van der Waals surface area contributed by atoms with Crippen molar-refractivity contribution >= 4 is 62.0 Å². The van der Waals surface area contributed by atoms with Crippen molar-refractivity contribution < 1.29 is 22.7 Å². The van der Waals surface area contributed by atoms with Crippen LogP contribution in [0.1, 0.15) is 16.8 Å². The number of ether oxygens (including phenoxy) is 1. The minimum absolute atomic E-state index is 0.00922. The van der Waals surface area contributed by atoms with Crippen molar-refractivity contribution in [3.8, 4) is 0 Å². The molecule has 0 saturated carbocycles. The molecule has 0 radical (unpaired) electrons. The van der Waals surface area contributed by atoms with E-state index < -0.39 is 27.9 Å². The van der Waals surface area contributed by atoms with Gasteiger partial charge < -0.3 is 20.7 Å². The Hall–Kier alpha value is -3.39. The highest BCUT2D eigenvalue weighted by molar-refractivity contribution is 7.89. The largest absolute Gasteiger partial charge is 0.464 e. The van der Waals surface area contributed by atoms with Crippen LogP contribution in [0.5, 0.6) is 0 Å². The predicted molar refractivity (Wildman–Crippen MR) is 143 cm³/mol. The van der Waals surface area contributed by atoms with Crippen molar-refractivity contribution in [1.29, 1.82) is 0 Å². The summed E-state index contributed by atoms with van der Waals surface area (Å²) in [5, 5.41) is 15.9. The average Bonchev–Trinajstić information content (AvgIpc) is 3.57. The fraction of sp³-hybridized carbons (Fsp3) is 0.304. The Morgan fingerprint density at radius 2 is 1.95 bits per heavy atom. The van der Waals surface area contributed by atoms with Crippen molar-refractivity contribution in [3.63, 3.8) is 0 Å². The zero-order chi connectivity index (χ0) is 27.1. The van der Waals surface area contributed by atoms with Crippen molar-refractivity contribution in [3.05, 3.63) is 58.2 Å². The summed E-state index contributed by atoms with van der Waals surface area (Å²) in [5.74, 6) is -0.719. The molecular weight excluding hydrogens is 557 g/mol. The Labute approximate surface area is 228 Å². The molecule has 1 aliphatic rings. The number of H-pyrrole nitrogens is 1. The van der Waals surface area contributed by atoms with E-state index in [1.54, 1.807) is 24.4 Å². The second kappa shape index (κ2) is 12.4. The lowest BCUT2D eigenvalue weighted by Gasteiger charge is -2.19. The number of nitrogens with one attached hydrogen (secondary N) is 5. The van der Waals surface area contributed by atoms with Crippen molar-refractivity contribution in [2.75, 3.05) is 32.8 Å². The van der Waals surface area contributed by atoms with E-state index in [0.29, 0.717) is 31.0 Å². The number of carbonyl (C=O) groups excluding carboxylic acids is 2. The van der Waals surface area contributed by atoms with Crippen LogP contribution in [0, 0.1) is 0 Å². The quantitative estimate of drug-likeness (QED) is 0.167. The first kappa shape index (κ1) is 27.6. The first-order chi connectivity index (χ1) is 18.2. The maximum atomic E-state index is 13.1. The Bertz CT molecular complexity index is 1440. The maximum absolute atomic E-state index is 13.1. The fourth-order valence-electron chi connectivity index (χ4n) is 3.61. The van der Waals surface area contributed by atoms with Crippen LogP contribution in [-0.2, 0) is 19.6 Å². The number of aliphatic imine (C=N–C) groups is 1. The molecule has 1 aromatic heterocycles. The molecule has 38 heavy (non-hydrogen) atoms. The number of benzene rings is 2. The number of amides is 1. The van der Waals surface area contributed by atoms with E-state index in [1.165, 1.54) is 18.2 Å². The molecule has 1 amide bonds. The van der Waals surface area contributed by atoms with Crippen molar-refractivity contribution in [1.82, 2.24) is 30.9 Å². The summed E-state index contributed by atoms with van der Waals surface area (Å²) in [6, 6.07) is 7.64. The first-order valence-corrected chi connectivity index (χ1v) is 13.8. The van der Waals surface area contributed by atoms with Gasteiger partial charge in [-0.15, -0.1) is 0 Å². The summed E-state index contributed by atoms with van der Waals surface area (Å²) in [7, 11) is -4.36. The van der Waals surface area contributed by atoms with Crippen molar-refractivity contribution in [2.45, 2.75) is 17.4 Å². The average molecular weight is 582 g/mol. The van der Waals surface area contributed by atoms with Gasteiger partial charge in [-0.05, 0) is 36.8 Å². The number of aromatic amines is 1. The number of aromatic nitrogens is 2. The van der Waals surface area contributed by atoms with Crippen LogP contribution in [0.25, 0.3) is 10.9 Å². The van der Waals surface area contributed by atoms with E-state index >= 15 is 0 Å². The molecule has 15 heteroatoms. The van der Waals surface area contributed by atoms with Gasteiger partial charge >= 0.3 is 5.97 Å². The first-order valence-electron chi connectivity index (χ1n) is 11.6. The molecule has 3 aromatic rings. The number of halogens is 2. The lowest BCUT2D eigenvalue weighted by Crippen LogP contribution is -2.49. The molecule has 4 rings (SSSR count). The zero-order valence-corrected chi connectivity index (χ0v) is 22.3. The second-order valence-corrected chi connectivity index (χ2v) is 10.7. The molecule has 0 aliphatic carbocycles. The summed E-state index contributed by atoms with van der Waals surface area (Å²) >= 11 is 12.2. The molecule has 0 spiro atoms. The molecule has 2 aromatic carbocycles. The molecule has 0 saturated heterocycles. The predicted octanol–water partition coefficient (Wildman–Crippen LogP) is 1.43. The molecule has 12 nitrogen and oxygen atoms in total. The number of esters is 1. The van der Waals surface area contributed by atoms with Gasteiger partial charge in [0, 0.05) is 30.6 Å². The number of carbonyl (C=O) groups is 2. The molecule has 1 atom stereocenters. The third-order valence-corrected chi connectivity index (χ3v) is 7.90. The lowest BCUT2D eigenvalue weighted by atomic mass is 10.1. The number of hydrogen-bond donors (Lipinski definition) is 5. The van der Waals surface area contributed by atoms with Crippen LogP contribution in [0.3, 0.4) is 0 Å². The minimum Gasteiger partial charge on any atom is -0.464 e. The number of rotatable bonds is 11. The van der Waals surface area contributed by atoms with E-state index in [-0.39, 0.29) is 28.1 Å². The molecule has 5 N–H and O–H groups in total. The van der Waals surface area contributed by atoms with Gasteiger partial charge in [-0.1, -0.05) is 29.3 Å². The van der Waals surface area contributed by atoms with Gasteiger partial charge in [0.1, 0.15) is 10.9 Å². The molecule has 1 aliphatic heterocycles. The van der Waals surface area contributed by atoms with E-state index in [4.69, 9.17) is 27.9 Å². The highest BCUT2D eigenvalue weighted by Gasteiger charge is 2.30. The Kier molecular flexibility index (Phi) is 9.05. The van der Waals surface area contributed by atoms with E-state index in [1.807, 2.05) is 0 Å². The Morgan fingerprint density at radius 3 is 2.68 bits per heavy atom. The molecule has 0 fully saturated rings. The van der Waals surface area contributed by atoms with Crippen LogP contribution in [0.4, 0.5) is 0 Å². The van der Waals surface area contributed by atoms with Gasteiger partial charge in [0.15, 0.2) is 5.96 Å². The summed E-state index contributed by atoms with van der Waals surface area (Å²) in [6.07, 6.45) is 2.01. The summed E-state index contributed by atoms with van der Waals surface area (Å²) < 4.78 is 33.8. The van der Waals surface area contributed by atoms with Gasteiger partial charge in [-0.25, -0.2) is 8.42 Å². The summed E-state index contributed by atoms with van der Waals surface area (Å²) in [5.41, 5.74) is 1.05. The van der Waals surface area contributed by atoms with Gasteiger partial charge in [0.05, 0.1) is 34.9 Å². The number of fused-ring (bicyclic) bond motifs is 1. The molecule has 0 bridgehead atoms. The fourth-order valence-corrected chi connectivity index (χ4v) is 5.94. The number of hydrogen-bond acceptors (Lipinski definition) is 9.